The summed E-state index contributed by atoms with van der Waals surface area (Å²) in [5.41, 5.74) is 4.02. The number of hydrogen-bond acceptors (Lipinski definition) is 5. The summed E-state index contributed by atoms with van der Waals surface area (Å²) in [6.45, 7) is 0.522. The Kier molecular flexibility index (Phi) is 4.68. The average molecular weight is 325 g/mol. The van der Waals surface area contributed by atoms with E-state index in [9.17, 15) is 4.79 Å². The third-order valence-corrected chi connectivity index (χ3v) is 4.19. The van der Waals surface area contributed by atoms with Crippen molar-refractivity contribution in [2.75, 3.05) is 7.11 Å². The number of benzene rings is 2. The monoisotopic (exact) mass is 325 g/mol. The Hall–Kier alpha value is -2.66. The molecule has 0 saturated heterocycles. The smallest absolute Gasteiger partial charge is 0.358 e. The molecule has 0 spiro atoms. The van der Waals surface area contributed by atoms with Crippen LogP contribution in [-0.2, 0) is 11.3 Å². The van der Waals surface area contributed by atoms with Crippen LogP contribution >= 0.6 is 11.3 Å². The number of thiazole rings is 1. The lowest BCUT2D eigenvalue weighted by Crippen LogP contribution is -2.02. The van der Waals surface area contributed by atoms with Crippen LogP contribution < -0.4 is 4.74 Å². The van der Waals surface area contributed by atoms with Crippen LogP contribution in [-0.4, -0.2) is 18.1 Å². The van der Waals surface area contributed by atoms with Crippen molar-refractivity contribution in [3.8, 4) is 16.2 Å². The molecule has 0 fully saturated rings. The predicted molar refractivity (Wildman–Crippen MR) is 89.7 cm³/mol. The van der Waals surface area contributed by atoms with Crippen molar-refractivity contribution in [3.63, 3.8) is 0 Å². The molecule has 3 aromatic rings. The van der Waals surface area contributed by atoms with Crippen LogP contribution in [0, 0.1) is 0 Å². The summed E-state index contributed by atoms with van der Waals surface area (Å²) in [5.74, 6) is 0.354. The van der Waals surface area contributed by atoms with E-state index < -0.39 is 5.97 Å². The van der Waals surface area contributed by atoms with Crippen molar-refractivity contribution in [2.45, 2.75) is 6.61 Å². The third kappa shape index (κ3) is 3.57. The standard InChI is InChI=1S/C18H15NO3S/c1-21-18(20)16-17(23-12-19-16)14-7-9-15(10-8-14)22-11-13-5-3-2-4-6-13/h2-10,12H,11H2,1H3. The van der Waals surface area contributed by atoms with Crippen molar-refractivity contribution in [1.82, 2.24) is 4.98 Å². The molecule has 3 rings (SSSR count). The molecule has 0 atom stereocenters. The lowest BCUT2D eigenvalue weighted by Gasteiger charge is -2.07. The minimum absolute atomic E-state index is 0.343. The predicted octanol–water partition coefficient (Wildman–Crippen LogP) is 4.18. The Labute approximate surface area is 138 Å². The van der Waals surface area contributed by atoms with Crippen LogP contribution in [0.1, 0.15) is 16.1 Å². The molecule has 0 bridgehead atoms. The van der Waals surface area contributed by atoms with E-state index in [-0.39, 0.29) is 0 Å². The van der Waals surface area contributed by atoms with E-state index in [2.05, 4.69) is 4.98 Å². The van der Waals surface area contributed by atoms with Crippen molar-refractivity contribution in [2.24, 2.45) is 0 Å². The van der Waals surface area contributed by atoms with Gasteiger partial charge in [0.1, 0.15) is 12.4 Å². The summed E-state index contributed by atoms with van der Waals surface area (Å²) >= 11 is 1.41. The summed E-state index contributed by atoms with van der Waals surface area (Å²) in [7, 11) is 1.35. The van der Waals surface area contributed by atoms with Gasteiger partial charge in [0.25, 0.3) is 0 Å². The van der Waals surface area contributed by atoms with Gasteiger partial charge in [-0.1, -0.05) is 30.3 Å². The fraction of sp³-hybridized carbons (Fsp3) is 0.111. The van der Waals surface area contributed by atoms with Crippen LogP contribution in [0.3, 0.4) is 0 Å². The third-order valence-electron chi connectivity index (χ3n) is 3.31. The Morgan fingerprint density at radius 3 is 2.52 bits per heavy atom. The number of hydrogen-bond donors (Lipinski definition) is 0. The van der Waals surface area contributed by atoms with Crippen LogP contribution in [0.25, 0.3) is 10.4 Å². The zero-order valence-electron chi connectivity index (χ0n) is 12.6. The number of ether oxygens (including phenoxy) is 2. The second-order valence-corrected chi connectivity index (χ2v) is 5.68. The number of carbonyl (C=O) groups excluding carboxylic acids is 1. The Bertz CT molecular complexity index is 782. The van der Waals surface area contributed by atoms with Crippen molar-refractivity contribution in [3.05, 3.63) is 71.4 Å². The highest BCUT2D eigenvalue weighted by Crippen LogP contribution is 2.29. The van der Waals surface area contributed by atoms with Crippen LogP contribution in [0.4, 0.5) is 0 Å². The van der Waals surface area contributed by atoms with E-state index in [1.54, 1.807) is 5.51 Å². The molecule has 5 heteroatoms. The fourth-order valence-electron chi connectivity index (χ4n) is 2.14. The number of aromatic nitrogens is 1. The fourth-order valence-corrected chi connectivity index (χ4v) is 2.92. The molecule has 116 valence electrons. The molecule has 2 aromatic carbocycles. The summed E-state index contributed by atoms with van der Waals surface area (Å²) in [4.78, 5) is 16.6. The van der Waals surface area contributed by atoms with Gasteiger partial charge in [-0.25, -0.2) is 9.78 Å². The molecule has 1 aromatic heterocycles. The molecule has 0 radical (unpaired) electrons. The molecule has 0 aliphatic rings. The van der Waals surface area contributed by atoms with Gasteiger partial charge in [0.05, 0.1) is 17.5 Å². The quantitative estimate of drug-likeness (QED) is 0.660. The first-order valence-electron chi connectivity index (χ1n) is 7.07. The van der Waals surface area contributed by atoms with E-state index >= 15 is 0 Å². The average Bonchev–Trinajstić information content (AvgIpc) is 3.10. The van der Waals surface area contributed by atoms with Crippen molar-refractivity contribution < 1.29 is 14.3 Å². The normalized spacial score (nSPS) is 10.3. The lowest BCUT2D eigenvalue weighted by molar-refractivity contribution is 0.0596. The molecule has 1 heterocycles. The summed E-state index contributed by atoms with van der Waals surface area (Å²) in [5, 5.41) is 0. The molecular weight excluding hydrogens is 310 g/mol. The molecule has 0 unspecified atom stereocenters. The van der Waals surface area contributed by atoms with Gasteiger partial charge in [-0.15, -0.1) is 11.3 Å². The topological polar surface area (TPSA) is 48.4 Å². The van der Waals surface area contributed by atoms with Crippen molar-refractivity contribution in [1.29, 1.82) is 0 Å². The highest BCUT2D eigenvalue weighted by Gasteiger charge is 2.16. The van der Waals surface area contributed by atoms with Gasteiger partial charge in [-0.2, -0.15) is 0 Å². The molecule has 4 nitrogen and oxygen atoms in total. The van der Waals surface area contributed by atoms with E-state index in [0.717, 1.165) is 21.8 Å². The summed E-state index contributed by atoms with van der Waals surface area (Å²) < 4.78 is 10.5. The molecule has 0 N–H and O–H groups in total. The van der Waals surface area contributed by atoms with Gasteiger partial charge in [-0.05, 0) is 35.4 Å². The summed E-state index contributed by atoms with van der Waals surface area (Å²) in [6, 6.07) is 17.6. The zero-order valence-corrected chi connectivity index (χ0v) is 13.4. The molecule has 0 aliphatic carbocycles. The minimum atomic E-state index is -0.425. The number of rotatable bonds is 5. The van der Waals surface area contributed by atoms with Gasteiger partial charge in [-0.3, -0.25) is 0 Å². The van der Waals surface area contributed by atoms with E-state index in [4.69, 9.17) is 9.47 Å². The second-order valence-electron chi connectivity index (χ2n) is 4.82. The minimum Gasteiger partial charge on any atom is -0.489 e. The van der Waals surface area contributed by atoms with Gasteiger partial charge >= 0.3 is 5.97 Å². The van der Waals surface area contributed by atoms with Crippen LogP contribution in [0.2, 0.25) is 0 Å². The maximum absolute atomic E-state index is 11.7. The highest BCUT2D eigenvalue weighted by molar-refractivity contribution is 7.13. The molecule has 23 heavy (non-hydrogen) atoms. The molecular formula is C18H15NO3S. The SMILES string of the molecule is COC(=O)c1ncsc1-c1ccc(OCc2ccccc2)cc1. The maximum Gasteiger partial charge on any atom is 0.358 e. The van der Waals surface area contributed by atoms with Gasteiger partial charge < -0.3 is 9.47 Å². The van der Waals surface area contributed by atoms with E-state index in [1.807, 2.05) is 54.6 Å². The largest absolute Gasteiger partial charge is 0.489 e. The number of methoxy groups -OCH3 is 1. The Balaban J connectivity index is 1.72. The first-order valence-corrected chi connectivity index (χ1v) is 7.95. The number of esters is 1. The molecule has 0 aliphatic heterocycles. The van der Waals surface area contributed by atoms with Gasteiger partial charge in [0.2, 0.25) is 0 Å². The first kappa shape index (κ1) is 15.2. The van der Waals surface area contributed by atoms with Gasteiger partial charge in [0, 0.05) is 0 Å². The number of nitrogens with zero attached hydrogens (tertiary/aromatic N) is 1. The zero-order chi connectivity index (χ0) is 16.1. The Morgan fingerprint density at radius 2 is 1.83 bits per heavy atom. The van der Waals surface area contributed by atoms with Crippen molar-refractivity contribution >= 4 is 17.3 Å². The van der Waals surface area contributed by atoms with E-state index in [0.29, 0.717) is 12.3 Å². The molecule has 0 saturated carbocycles. The second kappa shape index (κ2) is 7.07. The molecule has 0 amide bonds. The Morgan fingerprint density at radius 1 is 1.09 bits per heavy atom. The maximum atomic E-state index is 11.7. The number of carbonyl (C=O) groups is 1. The summed E-state index contributed by atoms with van der Waals surface area (Å²) in [6.07, 6.45) is 0. The lowest BCUT2D eigenvalue weighted by atomic mass is 10.1. The van der Waals surface area contributed by atoms with Crippen LogP contribution in [0.15, 0.2) is 60.1 Å². The first-order chi connectivity index (χ1) is 11.3. The van der Waals surface area contributed by atoms with Crippen LogP contribution in [0.5, 0.6) is 5.75 Å². The highest BCUT2D eigenvalue weighted by atomic mass is 32.1. The van der Waals surface area contributed by atoms with E-state index in [1.165, 1.54) is 18.4 Å². The van der Waals surface area contributed by atoms with Gasteiger partial charge in [0.15, 0.2) is 5.69 Å².